The van der Waals surface area contributed by atoms with Crippen LogP contribution in [0.4, 0.5) is 0 Å². The van der Waals surface area contributed by atoms with Crippen LogP contribution in [0.3, 0.4) is 0 Å². The Morgan fingerprint density at radius 1 is 1.22 bits per heavy atom. The first-order valence-electron chi connectivity index (χ1n) is 8.70. The molecule has 0 bridgehead atoms. The van der Waals surface area contributed by atoms with E-state index in [1.807, 2.05) is 6.08 Å². The van der Waals surface area contributed by atoms with Gasteiger partial charge in [0.1, 0.15) is 6.79 Å². The summed E-state index contributed by atoms with van der Waals surface area (Å²) in [6, 6.07) is 8.39. The molecule has 0 amide bonds. The molecule has 1 aliphatic rings. The summed E-state index contributed by atoms with van der Waals surface area (Å²) in [5.74, 6) is 0.572. The maximum atomic E-state index is 10.9. The lowest BCUT2D eigenvalue weighted by atomic mass is 9.77. The third kappa shape index (κ3) is 5.45. The van der Waals surface area contributed by atoms with E-state index in [1.165, 1.54) is 24.8 Å². The maximum absolute atomic E-state index is 10.9. The second-order valence-corrected chi connectivity index (χ2v) is 6.52. The zero-order valence-electron chi connectivity index (χ0n) is 14.2. The molecule has 1 aliphatic carbocycles. The van der Waals surface area contributed by atoms with E-state index in [-0.39, 0.29) is 12.0 Å². The predicted molar refractivity (Wildman–Crippen MR) is 93.2 cm³/mol. The van der Waals surface area contributed by atoms with Crippen LogP contribution in [0.15, 0.2) is 36.9 Å². The molecule has 1 N–H and O–H groups in total. The van der Waals surface area contributed by atoms with Gasteiger partial charge in [-0.15, -0.1) is 6.58 Å². The minimum absolute atomic E-state index is 0.143. The molecule has 0 radical (unpaired) electrons. The molecule has 0 saturated heterocycles. The molecule has 128 valence electrons. The molecule has 0 spiro atoms. The van der Waals surface area contributed by atoms with Gasteiger partial charge in [-0.25, -0.2) is 0 Å². The number of aliphatic hydroxyl groups is 1. The van der Waals surface area contributed by atoms with Crippen molar-refractivity contribution < 1.29 is 14.6 Å². The highest BCUT2D eigenvalue weighted by Gasteiger charge is 2.29. The number of allylic oxidation sites excluding steroid dienone is 1. The first-order valence-corrected chi connectivity index (χ1v) is 8.70. The van der Waals surface area contributed by atoms with E-state index in [0.717, 1.165) is 24.8 Å². The molecule has 3 heteroatoms. The van der Waals surface area contributed by atoms with E-state index in [0.29, 0.717) is 19.3 Å². The zero-order chi connectivity index (χ0) is 16.5. The molecule has 23 heavy (non-hydrogen) atoms. The van der Waals surface area contributed by atoms with Crippen molar-refractivity contribution in [1.82, 2.24) is 0 Å². The second kappa shape index (κ2) is 9.86. The highest BCUT2D eigenvalue weighted by molar-refractivity contribution is 5.26. The van der Waals surface area contributed by atoms with Crippen molar-refractivity contribution in [3.8, 4) is 0 Å². The maximum Gasteiger partial charge on any atom is 0.146 e. The smallest absolute Gasteiger partial charge is 0.146 e. The summed E-state index contributed by atoms with van der Waals surface area (Å²) in [4.78, 5) is 0. The Balaban J connectivity index is 2.02. The molecule has 1 saturated carbocycles. The number of hydrogen-bond acceptors (Lipinski definition) is 3. The Hall–Kier alpha value is -1.16. The summed E-state index contributed by atoms with van der Waals surface area (Å²) >= 11 is 0. The van der Waals surface area contributed by atoms with Crippen molar-refractivity contribution in [2.45, 2.75) is 57.2 Å². The van der Waals surface area contributed by atoms with Gasteiger partial charge in [-0.05, 0) is 36.3 Å². The Morgan fingerprint density at radius 3 is 2.52 bits per heavy atom. The van der Waals surface area contributed by atoms with Gasteiger partial charge in [-0.1, -0.05) is 49.6 Å². The lowest BCUT2D eigenvalue weighted by molar-refractivity contribution is -0.0390. The van der Waals surface area contributed by atoms with Gasteiger partial charge in [-0.2, -0.15) is 0 Å². The zero-order valence-corrected chi connectivity index (χ0v) is 14.2. The van der Waals surface area contributed by atoms with Crippen LogP contribution in [0.5, 0.6) is 0 Å². The topological polar surface area (TPSA) is 38.7 Å². The van der Waals surface area contributed by atoms with Gasteiger partial charge in [-0.3, -0.25) is 0 Å². The number of aliphatic hydroxyl groups excluding tert-OH is 1. The SMILES string of the molecule is C=CCC(c1ccc(COCOC)cc1)C(O)C1CCCCC1. The van der Waals surface area contributed by atoms with Crippen molar-refractivity contribution >= 4 is 0 Å². The summed E-state index contributed by atoms with van der Waals surface area (Å²) in [5.41, 5.74) is 2.31. The number of benzene rings is 1. The van der Waals surface area contributed by atoms with E-state index >= 15 is 0 Å². The Bertz CT molecular complexity index is 448. The average Bonchev–Trinajstić information content (AvgIpc) is 2.61. The van der Waals surface area contributed by atoms with Gasteiger partial charge in [0.15, 0.2) is 0 Å². The molecule has 1 aromatic carbocycles. The third-order valence-corrected chi connectivity index (χ3v) is 4.84. The van der Waals surface area contributed by atoms with Crippen LogP contribution in [-0.4, -0.2) is 25.1 Å². The minimum Gasteiger partial charge on any atom is -0.392 e. The van der Waals surface area contributed by atoms with Crippen LogP contribution in [0.1, 0.15) is 55.6 Å². The van der Waals surface area contributed by atoms with E-state index in [9.17, 15) is 5.11 Å². The lowest BCUT2D eigenvalue weighted by Crippen LogP contribution is -2.29. The standard InChI is InChI=1S/C20H30O3/c1-3-7-19(20(21)18-8-5-4-6-9-18)17-12-10-16(11-13-17)14-23-15-22-2/h3,10-13,18-21H,1,4-9,14-15H2,2H3. The summed E-state index contributed by atoms with van der Waals surface area (Å²) in [6.07, 6.45) is 8.57. The first-order chi connectivity index (χ1) is 11.3. The Kier molecular flexibility index (Phi) is 7.80. The van der Waals surface area contributed by atoms with Gasteiger partial charge in [0.25, 0.3) is 0 Å². The summed E-state index contributed by atoms with van der Waals surface area (Å²) < 4.78 is 10.3. The number of rotatable bonds is 9. The minimum atomic E-state index is -0.274. The lowest BCUT2D eigenvalue weighted by Gasteiger charge is -2.32. The van der Waals surface area contributed by atoms with Gasteiger partial charge in [0, 0.05) is 13.0 Å². The molecule has 0 aliphatic heterocycles. The molecule has 2 rings (SSSR count). The quantitative estimate of drug-likeness (QED) is 0.416. The fraction of sp³-hybridized carbons (Fsp3) is 0.600. The van der Waals surface area contributed by atoms with Crippen LogP contribution in [0, 0.1) is 5.92 Å². The van der Waals surface area contributed by atoms with Crippen LogP contribution in [-0.2, 0) is 16.1 Å². The van der Waals surface area contributed by atoms with Gasteiger partial charge >= 0.3 is 0 Å². The molecular weight excluding hydrogens is 288 g/mol. The second-order valence-electron chi connectivity index (χ2n) is 6.52. The van der Waals surface area contributed by atoms with Gasteiger partial charge in [0.05, 0.1) is 12.7 Å². The number of methoxy groups -OCH3 is 1. The molecule has 1 fully saturated rings. The predicted octanol–water partition coefficient (Wildman–Crippen LogP) is 4.41. The van der Waals surface area contributed by atoms with Crippen LogP contribution in [0.25, 0.3) is 0 Å². The first kappa shape index (κ1) is 18.2. The molecule has 0 heterocycles. The van der Waals surface area contributed by atoms with Crippen molar-refractivity contribution in [3.63, 3.8) is 0 Å². The molecular formula is C20H30O3. The molecule has 0 aromatic heterocycles. The van der Waals surface area contributed by atoms with Crippen molar-refractivity contribution in [2.75, 3.05) is 13.9 Å². The number of ether oxygens (including phenoxy) is 2. The van der Waals surface area contributed by atoms with Gasteiger partial charge in [0.2, 0.25) is 0 Å². The average molecular weight is 318 g/mol. The summed E-state index contributed by atoms with van der Waals surface area (Å²) in [5, 5.41) is 10.9. The summed E-state index contributed by atoms with van der Waals surface area (Å²) in [6.45, 7) is 4.73. The monoisotopic (exact) mass is 318 g/mol. The molecule has 1 aromatic rings. The number of hydrogen-bond donors (Lipinski definition) is 1. The molecule has 3 nitrogen and oxygen atoms in total. The van der Waals surface area contributed by atoms with Crippen LogP contribution in [0.2, 0.25) is 0 Å². The Labute approximate surface area is 140 Å². The largest absolute Gasteiger partial charge is 0.392 e. The van der Waals surface area contributed by atoms with Gasteiger partial charge < -0.3 is 14.6 Å². The fourth-order valence-electron chi connectivity index (χ4n) is 3.56. The van der Waals surface area contributed by atoms with E-state index in [4.69, 9.17) is 9.47 Å². The highest BCUT2D eigenvalue weighted by Crippen LogP contribution is 2.35. The fourth-order valence-corrected chi connectivity index (χ4v) is 3.56. The van der Waals surface area contributed by atoms with E-state index in [1.54, 1.807) is 7.11 Å². The highest BCUT2D eigenvalue weighted by atomic mass is 16.7. The van der Waals surface area contributed by atoms with E-state index < -0.39 is 0 Å². The summed E-state index contributed by atoms with van der Waals surface area (Å²) in [7, 11) is 1.62. The third-order valence-electron chi connectivity index (χ3n) is 4.84. The molecule has 2 atom stereocenters. The van der Waals surface area contributed by atoms with Crippen LogP contribution < -0.4 is 0 Å². The normalized spacial score (nSPS) is 18.5. The van der Waals surface area contributed by atoms with E-state index in [2.05, 4.69) is 30.8 Å². The molecule has 2 unspecified atom stereocenters. The van der Waals surface area contributed by atoms with Crippen molar-refractivity contribution in [1.29, 1.82) is 0 Å². The van der Waals surface area contributed by atoms with Crippen molar-refractivity contribution in [3.05, 3.63) is 48.0 Å². The van der Waals surface area contributed by atoms with Crippen molar-refractivity contribution in [2.24, 2.45) is 5.92 Å². The van der Waals surface area contributed by atoms with Crippen LogP contribution >= 0.6 is 0 Å². The Morgan fingerprint density at radius 2 is 1.91 bits per heavy atom.